The van der Waals surface area contributed by atoms with Crippen molar-refractivity contribution in [3.8, 4) is 11.5 Å². The van der Waals surface area contributed by atoms with Crippen molar-refractivity contribution in [2.75, 3.05) is 24.6 Å². The Hall–Kier alpha value is -3.34. The molecule has 194 valence electrons. The molecule has 2 saturated heterocycles. The molecule has 0 N–H and O–H groups in total. The number of ether oxygens (including phenoxy) is 2. The van der Waals surface area contributed by atoms with Crippen molar-refractivity contribution < 1.29 is 23.9 Å². The third-order valence-corrected chi connectivity index (χ3v) is 8.32. The molecule has 2 heterocycles. The quantitative estimate of drug-likeness (QED) is 0.326. The van der Waals surface area contributed by atoms with Gasteiger partial charge in [0.2, 0.25) is 0 Å². The summed E-state index contributed by atoms with van der Waals surface area (Å²) in [6.45, 7) is 1.08. The minimum absolute atomic E-state index is 0.128. The number of thiocarbonyl (C=S) groups is 1. The minimum Gasteiger partial charge on any atom is -0.484 e. The summed E-state index contributed by atoms with van der Waals surface area (Å²) >= 11 is 7.94. The molecule has 0 spiro atoms. The van der Waals surface area contributed by atoms with Crippen LogP contribution in [0.1, 0.15) is 31.8 Å². The molecular formula is C28H24N2O5S3. The zero-order valence-electron chi connectivity index (χ0n) is 20.3. The van der Waals surface area contributed by atoms with Crippen molar-refractivity contribution >= 4 is 57.1 Å². The van der Waals surface area contributed by atoms with Gasteiger partial charge < -0.3 is 9.47 Å². The number of carbonyl (C=O) groups excluding carboxylic acids is 3. The van der Waals surface area contributed by atoms with Gasteiger partial charge in [-0.1, -0.05) is 96.4 Å². The lowest BCUT2D eigenvalue weighted by Crippen LogP contribution is -2.32. The first-order valence-corrected chi connectivity index (χ1v) is 14.4. The van der Waals surface area contributed by atoms with Gasteiger partial charge in [-0.05, 0) is 23.3 Å². The third-order valence-electron chi connectivity index (χ3n) is 6.04. The summed E-state index contributed by atoms with van der Waals surface area (Å²) in [7, 11) is 0. The van der Waals surface area contributed by atoms with E-state index in [-0.39, 0.29) is 47.0 Å². The molecule has 0 atom stereocenters. The Bertz CT molecular complexity index is 1260. The highest BCUT2D eigenvalue weighted by Crippen LogP contribution is 2.39. The molecule has 2 aliphatic rings. The second kappa shape index (κ2) is 12.0. The molecule has 3 amide bonds. The summed E-state index contributed by atoms with van der Waals surface area (Å²) in [6, 6.07) is 22.1. The highest BCUT2D eigenvalue weighted by atomic mass is 32.2. The van der Waals surface area contributed by atoms with E-state index in [1.807, 2.05) is 60.7 Å². The fourth-order valence-corrected chi connectivity index (χ4v) is 6.07. The Morgan fingerprint density at radius 3 is 1.63 bits per heavy atom. The van der Waals surface area contributed by atoms with Crippen LogP contribution in [0.2, 0.25) is 0 Å². The molecule has 7 nitrogen and oxygen atoms in total. The van der Waals surface area contributed by atoms with Gasteiger partial charge in [0.1, 0.15) is 17.5 Å². The number of rotatable bonds is 8. The first kappa shape index (κ1) is 26.3. The van der Waals surface area contributed by atoms with Gasteiger partial charge in [0.25, 0.3) is 17.1 Å². The second-order valence-corrected chi connectivity index (χ2v) is 11.3. The van der Waals surface area contributed by atoms with Gasteiger partial charge in [-0.25, -0.2) is 0 Å². The van der Waals surface area contributed by atoms with E-state index in [0.717, 1.165) is 22.9 Å². The number of carbonyl (C=O) groups is 3. The standard InChI is InChI=1S/C28H24N2O5S3/c31-25(29-13-15-37-27(29)33)21-11-12-22(26(32)30-14-16-38-28(30)36)24(35-18-20-9-5-2-6-10-20)23(21)34-17-19-7-3-1-4-8-19/h1-12H,13-18H2. The van der Waals surface area contributed by atoms with E-state index >= 15 is 0 Å². The van der Waals surface area contributed by atoms with Gasteiger partial charge in [0.05, 0.1) is 11.1 Å². The first-order valence-electron chi connectivity index (χ1n) is 12.0. The van der Waals surface area contributed by atoms with E-state index in [1.54, 1.807) is 6.07 Å². The average Bonchev–Trinajstić information content (AvgIpc) is 3.58. The largest absolute Gasteiger partial charge is 0.484 e. The van der Waals surface area contributed by atoms with Gasteiger partial charge >= 0.3 is 0 Å². The van der Waals surface area contributed by atoms with Gasteiger partial charge in [-0.15, -0.1) is 0 Å². The summed E-state index contributed by atoms with van der Waals surface area (Å²) in [5, 5.41) is -0.310. The van der Waals surface area contributed by atoms with Crippen LogP contribution >= 0.6 is 35.7 Å². The van der Waals surface area contributed by atoms with Gasteiger partial charge in [0.15, 0.2) is 11.5 Å². The Morgan fingerprint density at radius 2 is 1.18 bits per heavy atom. The Labute approximate surface area is 234 Å². The summed E-state index contributed by atoms with van der Waals surface area (Å²) in [5.74, 6) is 0.719. The number of benzene rings is 3. The van der Waals surface area contributed by atoms with Crippen molar-refractivity contribution in [3.63, 3.8) is 0 Å². The Morgan fingerprint density at radius 1 is 0.711 bits per heavy atom. The van der Waals surface area contributed by atoms with Crippen molar-refractivity contribution in [1.29, 1.82) is 0 Å². The molecule has 0 aromatic heterocycles. The molecule has 0 aliphatic carbocycles. The molecule has 10 heteroatoms. The fraction of sp³-hybridized carbons (Fsp3) is 0.214. The third kappa shape index (κ3) is 5.72. The smallest absolute Gasteiger partial charge is 0.288 e. The predicted octanol–water partition coefficient (Wildman–Crippen LogP) is 5.63. The van der Waals surface area contributed by atoms with E-state index in [1.165, 1.54) is 27.6 Å². The van der Waals surface area contributed by atoms with Crippen molar-refractivity contribution in [1.82, 2.24) is 9.80 Å². The number of hydrogen-bond acceptors (Lipinski definition) is 8. The lowest BCUT2D eigenvalue weighted by molar-refractivity contribution is 0.0818. The van der Waals surface area contributed by atoms with E-state index in [0.29, 0.717) is 28.9 Å². The molecule has 0 unspecified atom stereocenters. The zero-order valence-corrected chi connectivity index (χ0v) is 22.8. The summed E-state index contributed by atoms with van der Waals surface area (Å²) in [4.78, 5) is 42.3. The van der Waals surface area contributed by atoms with Crippen LogP contribution in [0.25, 0.3) is 0 Å². The molecule has 0 saturated carbocycles. The van der Waals surface area contributed by atoms with Gasteiger partial charge in [0, 0.05) is 24.6 Å². The summed E-state index contributed by atoms with van der Waals surface area (Å²) < 4.78 is 13.0. The monoisotopic (exact) mass is 564 g/mol. The van der Waals surface area contributed by atoms with Crippen molar-refractivity contribution in [2.45, 2.75) is 13.2 Å². The second-order valence-electron chi connectivity index (χ2n) is 8.51. The maximum Gasteiger partial charge on any atom is 0.288 e. The number of hydrogen-bond donors (Lipinski definition) is 0. The van der Waals surface area contributed by atoms with E-state index in [2.05, 4.69) is 0 Å². The topological polar surface area (TPSA) is 76.2 Å². The van der Waals surface area contributed by atoms with Gasteiger partial charge in [-0.2, -0.15) is 0 Å². The summed E-state index contributed by atoms with van der Waals surface area (Å²) in [5.41, 5.74) is 2.17. The highest BCUT2D eigenvalue weighted by Gasteiger charge is 2.34. The van der Waals surface area contributed by atoms with E-state index in [4.69, 9.17) is 21.7 Å². The minimum atomic E-state index is -0.487. The molecule has 2 fully saturated rings. The van der Waals surface area contributed by atoms with Crippen LogP contribution in [0.5, 0.6) is 11.5 Å². The number of nitrogens with zero attached hydrogens (tertiary/aromatic N) is 2. The van der Waals surface area contributed by atoms with Crippen LogP contribution in [-0.4, -0.2) is 55.8 Å². The molecular weight excluding hydrogens is 541 g/mol. The maximum absolute atomic E-state index is 13.6. The van der Waals surface area contributed by atoms with E-state index < -0.39 is 5.91 Å². The fourth-order valence-electron chi connectivity index (χ4n) is 4.09. The zero-order chi connectivity index (χ0) is 26.5. The van der Waals surface area contributed by atoms with Crippen molar-refractivity contribution in [3.05, 3.63) is 95.1 Å². The number of amides is 3. The van der Waals surface area contributed by atoms with Crippen LogP contribution in [0.15, 0.2) is 72.8 Å². The van der Waals surface area contributed by atoms with Crippen LogP contribution in [0, 0.1) is 0 Å². The molecule has 0 bridgehead atoms. The number of thioether (sulfide) groups is 2. The van der Waals surface area contributed by atoms with Crippen LogP contribution in [0.4, 0.5) is 4.79 Å². The first-order chi connectivity index (χ1) is 18.5. The lowest BCUT2D eigenvalue weighted by Gasteiger charge is -2.23. The Kier molecular flexibility index (Phi) is 8.31. The van der Waals surface area contributed by atoms with Crippen molar-refractivity contribution in [2.24, 2.45) is 0 Å². The SMILES string of the molecule is O=C1SCCN1C(=O)c1ccc(C(=O)N2CCSC2=S)c(OCc2ccccc2)c1OCc1ccccc1. The van der Waals surface area contributed by atoms with E-state index in [9.17, 15) is 14.4 Å². The molecule has 3 aromatic carbocycles. The molecule has 0 radical (unpaired) electrons. The maximum atomic E-state index is 13.6. The highest BCUT2D eigenvalue weighted by molar-refractivity contribution is 8.23. The Balaban J connectivity index is 1.59. The average molecular weight is 565 g/mol. The number of imide groups is 1. The lowest BCUT2D eigenvalue weighted by atomic mass is 10.1. The van der Waals surface area contributed by atoms with Crippen LogP contribution < -0.4 is 9.47 Å². The van der Waals surface area contributed by atoms with Crippen LogP contribution in [-0.2, 0) is 13.2 Å². The van der Waals surface area contributed by atoms with Gasteiger partial charge in [-0.3, -0.25) is 24.2 Å². The van der Waals surface area contributed by atoms with Crippen LogP contribution in [0.3, 0.4) is 0 Å². The summed E-state index contributed by atoms with van der Waals surface area (Å²) in [6.07, 6.45) is 0. The molecule has 5 rings (SSSR count). The predicted molar refractivity (Wildman–Crippen MR) is 153 cm³/mol. The molecule has 3 aromatic rings. The normalized spacial score (nSPS) is 15.2. The molecule has 2 aliphatic heterocycles. The molecule has 38 heavy (non-hydrogen) atoms.